The Bertz CT molecular complexity index is 660. The van der Waals surface area contributed by atoms with E-state index in [2.05, 4.69) is 9.72 Å². The molecular formula is C14H16N2O4. The maximum Gasteiger partial charge on any atom is 0.337 e. The molecule has 0 saturated carbocycles. The summed E-state index contributed by atoms with van der Waals surface area (Å²) in [7, 11) is 1.33. The minimum Gasteiger partial charge on any atom is -0.478 e. The van der Waals surface area contributed by atoms with Crippen LogP contribution in [0, 0.1) is 0 Å². The smallest absolute Gasteiger partial charge is 0.337 e. The van der Waals surface area contributed by atoms with Crippen LogP contribution in [0.2, 0.25) is 0 Å². The summed E-state index contributed by atoms with van der Waals surface area (Å²) in [6.45, 7) is 2.30. The number of para-hydroxylation sites is 1. The first-order chi connectivity index (χ1) is 9.58. The zero-order valence-electron chi connectivity index (χ0n) is 11.4. The van der Waals surface area contributed by atoms with E-state index in [1.807, 2.05) is 6.92 Å². The fourth-order valence-electron chi connectivity index (χ4n) is 2.22. The molecule has 0 aliphatic carbocycles. The number of aromatic nitrogens is 2. The minimum atomic E-state index is -1.00. The molecule has 0 aliphatic heterocycles. The first-order valence-electron chi connectivity index (χ1n) is 6.36. The number of ether oxygens (including phenoxy) is 1. The van der Waals surface area contributed by atoms with E-state index in [9.17, 15) is 14.7 Å². The average Bonchev–Trinajstić information content (AvgIpc) is 2.82. The Kier molecular flexibility index (Phi) is 4.02. The van der Waals surface area contributed by atoms with E-state index >= 15 is 0 Å². The molecule has 1 aromatic carbocycles. The molecule has 2 aromatic rings. The van der Waals surface area contributed by atoms with Crippen molar-refractivity contribution in [2.75, 3.05) is 7.11 Å². The number of aryl methyl sites for hydroxylation is 2. The van der Waals surface area contributed by atoms with E-state index in [0.717, 1.165) is 5.82 Å². The van der Waals surface area contributed by atoms with Gasteiger partial charge in [0.05, 0.1) is 30.1 Å². The summed E-state index contributed by atoms with van der Waals surface area (Å²) >= 11 is 0. The van der Waals surface area contributed by atoms with Crippen molar-refractivity contribution in [3.8, 4) is 0 Å². The Balaban J connectivity index is 2.54. The summed E-state index contributed by atoms with van der Waals surface area (Å²) in [6.07, 6.45) is 0.845. The molecule has 0 radical (unpaired) electrons. The van der Waals surface area contributed by atoms with Crippen LogP contribution < -0.4 is 0 Å². The van der Waals surface area contributed by atoms with E-state index in [1.54, 1.807) is 22.8 Å². The maximum absolute atomic E-state index is 11.3. The van der Waals surface area contributed by atoms with Crippen molar-refractivity contribution in [1.29, 1.82) is 0 Å². The molecular weight excluding hydrogens is 260 g/mol. The summed E-state index contributed by atoms with van der Waals surface area (Å²) in [5, 5.41) is 9.28. The van der Waals surface area contributed by atoms with Crippen molar-refractivity contribution >= 4 is 23.0 Å². The monoisotopic (exact) mass is 276 g/mol. The van der Waals surface area contributed by atoms with Gasteiger partial charge in [-0.2, -0.15) is 0 Å². The predicted molar refractivity (Wildman–Crippen MR) is 72.7 cm³/mol. The molecule has 1 aromatic heterocycles. The number of benzene rings is 1. The fraction of sp³-hybridized carbons (Fsp3) is 0.357. The van der Waals surface area contributed by atoms with E-state index in [0.29, 0.717) is 24.0 Å². The van der Waals surface area contributed by atoms with Gasteiger partial charge in [-0.3, -0.25) is 4.79 Å². The average molecular weight is 276 g/mol. The first-order valence-corrected chi connectivity index (χ1v) is 6.36. The van der Waals surface area contributed by atoms with Gasteiger partial charge in [0.25, 0.3) is 0 Å². The van der Waals surface area contributed by atoms with Crippen molar-refractivity contribution in [1.82, 2.24) is 9.55 Å². The summed E-state index contributed by atoms with van der Waals surface area (Å²) < 4.78 is 6.41. The number of nitrogens with zero attached hydrogens (tertiary/aromatic N) is 2. The van der Waals surface area contributed by atoms with Gasteiger partial charge in [-0.05, 0) is 12.1 Å². The van der Waals surface area contributed by atoms with Crippen LogP contribution in [-0.2, 0) is 22.5 Å². The van der Waals surface area contributed by atoms with E-state index < -0.39 is 5.97 Å². The zero-order chi connectivity index (χ0) is 14.7. The van der Waals surface area contributed by atoms with Gasteiger partial charge in [0.1, 0.15) is 5.82 Å². The normalized spacial score (nSPS) is 10.7. The number of aromatic carboxylic acids is 1. The number of rotatable bonds is 5. The highest BCUT2D eigenvalue weighted by atomic mass is 16.5. The number of methoxy groups -OCH3 is 1. The molecule has 0 unspecified atom stereocenters. The van der Waals surface area contributed by atoms with Gasteiger partial charge in [0.15, 0.2) is 0 Å². The molecule has 2 rings (SSSR count). The molecule has 0 saturated heterocycles. The quantitative estimate of drug-likeness (QED) is 0.843. The SMILES string of the molecule is CCc1nc2cccc(C(=O)O)c2n1CCC(=O)OC. The third kappa shape index (κ3) is 2.49. The number of hydrogen-bond donors (Lipinski definition) is 1. The highest BCUT2D eigenvalue weighted by Gasteiger charge is 2.17. The number of carboxylic acid groups (broad SMARTS) is 1. The molecule has 0 spiro atoms. The van der Waals surface area contributed by atoms with Crippen molar-refractivity contribution in [3.05, 3.63) is 29.6 Å². The first kappa shape index (κ1) is 14.0. The van der Waals surface area contributed by atoms with Crippen LogP contribution in [0.15, 0.2) is 18.2 Å². The fourth-order valence-corrected chi connectivity index (χ4v) is 2.22. The number of carbonyl (C=O) groups is 2. The summed E-state index contributed by atoms with van der Waals surface area (Å²) in [5.74, 6) is -0.572. The Hall–Kier alpha value is -2.37. The van der Waals surface area contributed by atoms with Crippen LogP contribution in [0.3, 0.4) is 0 Å². The molecule has 0 bridgehead atoms. The van der Waals surface area contributed by atoms with Gasteiger partial charge in [-0.1, -0.05) is 13.0 Å². The minimum absolute atomic E-state index is 0.183. The topological polar surface area (TPSA) is 81.4 Å². The van der Waals surface area contributed by atoms with Crippen molar-refractivity contribution < 1.29 is 19.4 Å². The molecule has 20 heavy (non-hydrogen) atoms. The van der Waals surface area contributed by atoms with Crippen LogP contribution in [0.1, 0.15) is 29.5 Å². The maximum atomic E-state index is 11.3. The van der Waals surface area contributed by atoms with Gasteiger partial charge < -0.3 is 14.4 Å². The zero-order valence-corrected chi connectivity index (χ0v) is 11.4. The van der Waals surface area contributed by atoms with E-state index in [1.165, 1.54) is 7.11 Å². The molecule has 1 heterocycles. The summed E-state index contributed by atoms with van der Waals surface area (Å²) in [6, 6.07) is 4.98. The molecule has 6 nitrogen and oxygen atoms in total. The number of esters is 1. The molecule has 0 aliphatic rings. The van der Waals surface area contributed by atoms with Crippen molar-refractivity contribution in [3.63, 3.8) is 0 Å². The lowest BCUT2D eigenvalue weighted by Crippen LogP contribution is -2.11. The predicted octanol–water partition coefficient (Wildman–Crippen LogP) is 1.86. The lowest BCUT2D eigenvalue weighted by atomic mass is 10.2. The van der Waals surface area contributed by atoms with Crippen LogP contribution in [0.5, 0.6) is 0 Å². The van der Waals surface area contributed by atoms with E-state index in [-0.39, 0.29) is 18.0 Å². The highest BCUT2D eigenvalue weighted by Crippen LogP contribution is 2.21. The largest absolute Gasteiger partial charge is 0.478 e. The lowest BCUT2D eigenvalue weighted by Gasteiger charge is -2.08. The van der Waals surface area contributed by atoms with Gasteiger partial charge in [-0.25, -0.2) is 9.78 Å². The van der Waals surface area contributed by atoms with Gasteiger partial charge >= 0.3 is 11.9 Å². The molecule has 0 amide bonds. The van der Waals surface area contributed by atoms with E-state index in [4.69, 9.17) is 0 Å². The second kappa shape index (κ2) is 5.73. The number of carboxylic acids is 1. The highest BCUT2D eigenvalue weighted by molar-refractivity contribution is 6.01. The van der Waals surface area contributed by atoms with Crippen molar-refractivity contribution in [2.45, 2.75) is 26.3 Å². The van der Waals surface area contributed by atoms with Crippen LogP contribution in [0.4, 0.5) is 0 Å². The molecule has 0 atom stereocenters. The Morgan fingerprint density at radius 3 is 2.75 bits per heavy atom. The van der Waals surface area contributed by atoms with Gasteiger partial charge in [-0.15, -0.1) is 0 Å². The number of hydrogen-bond acceptors (Lipinski definition) is 4. The number of fused-ring (bicyclic) bond motifs is 1. The Morgan fingerprint density at radius 2 is 2.15 bits per heavy atom. The second-order valence-corrected chi connectivity index (χ2v) is 4.34. The van der Waals surface area contributed by atoms with Crippen molar-refractivity contribution in [2.24, 2.45) is 0 Å². The standard InChI is InChI=1S/C14H16N2O4/c1-3-11-15-10-6-4-5-9(14(18)19)13(10)16(11)8-7-12(17)20-2/h4-6H,3,7-8H2,1-2H3,(H,18,19). The number of imidazole rings is 1. The summed E-state index contributed by atoms with van der Waals surface area (Å²) in [4.78, 5) is 27.0. The molecule has 6 heteroatoms. The third-order valence-corrected chi connectivity index (χ3v) is 3.16. The van der Waals surface area contributed by atoms with Gasteiger partial charge in [0, 0.05) is 13.0 Å². The Morgan fingerprint density at radius 1 is 1.40 bits per heavy atom. The molecule has 1 N–H and O–H groups in total. The van der Waals surface area contributed by atoms with Crippen LogP contribution in [0.25, 0.3) is 11.0 Å². The second-order valence-electron chi connectivity index (χ2n) is 4.34. The number of carbonyl (C=O) groups excluding carboxylic acids is 1. The molecule has 0 fully saturated rings. The Labute approximate surface area is 116 Å². The lowest BCUT2D eigenvalue weighted by molar-refractivity contribution is -0.140. The van der Waals surface area contributed by atoms with Gasteiger partial charge in [0.2, 0.25) is 0 Å². The molecule has 106 valence electrons. The van der Waals surface area contributed by atoms with Crippen LogP contribution >= 0.6 is 0 Å². The van der Waals surface area contributed by atoms with Crippen LogP contribution in [-0.4, -0.2) is 33.7 Å². The third-order valence-electron chi connectivity index (χ3n) is 3.16. The summed E-state index contributed by atoms with van der Waals surface area (Å²) in [5.41, 5.74) is 1.38.